The van der Waals surface area contributed by atoms with Gasteiger partial charge in [0.15, 0.2) is 11.5 Å². The molecule has 0 spiro atoms. The molecule has 1 amide bonds. The highest BCUT2D eigenvalue weighted by molar-refractivity contribution is 6.10. The average molecular weight is 367 g/mol. The Morgan fingerprint density at radius 3 is 2.78 bits per heavy atom. The fraction of sp³-hybridized carbons (Fsp3) is 0.111. The minimum absolute atomic E-state index is 0.0439. The number of carbonyl (C=O) groups is 1. The lowest BCUT2D eigenvalue weighted by Crippen LogP contribution is -2.14. The highest BCUT2D eigenvalue weighted by atomic mass is 16.7. The summed E-state index contributed by atoms with van der Waals surface area (Å²) in [4.78, 5) is 23.0. The fourth-order valence-corrected chi connectivity index (χ4v) is 2.40. The number of amides is 1. The van der Waals surface area contributed by atoms with Crippen LogP contribution in [0.4, 0.5) is 11.4 Å². The van der Waals surface area contributed by atoms with Crippen molar-refractivity contribution >= 4 is 23.4 Å². The molecule has 0 radical (unpaired) electrons. The van der Waals surface area contributed by atoms with Crippen molar-refractivity contribution in [2.75, 3.05) is 19.2 Å². The monoisotopic (exact) mass is 367 g/mol. The van der Waals surface area contributed by atoms with Gasteiger partial charge in [-0.2, -0.15) is 5.26 Å². The number of hydrogen-bond acceptors (Lipinski definition) is 7. The summed E-state index contributed by atoms with van der Waals surface area (Å²) in [6.45, 7) is 0.106. The standard InChI is InChI=1S/C18H13N3O6/c1-25-13-3-4-14(15(8-13)21(23)24)20-18(22)12(9-19)6-11-2-5-16-17(7-11)27-10-26-16/h2-8H,10H2,1H3,(H,20,22)/b12-6+. The van der Waals surface area contributed by atoms with Crippen molar-refractivity contribution < 1.29 is 23.9 Å². The van der Waals surface area contributed by atoms with Gasteiger partial charge >= 0.3 is 0 Å². The van der Waals surface area contributed by atoms with E-state index >= 15 is 0 Å². The Kier molecular flexibility index (Phi) is 4.90. The molecule has 2 aromatic rings. The van der Waals surface area contributed by atoms with Gasteiger partial charge in [0.25, 0.3) is 11.6 Å². The first-order chi connectivity index (χ1) is 13.0. The molecule has 0 fully saturated rings. The number of benzene rings is 2. The van der Waals surface area contributed by atoms with Crippen LogP contribution in [0.15, 0.2) is 42.0 Å². The number of nitriles is 1. The molecule has 0 aromatic heterocycles. The van der Waals surface area contributed by atoms with Crippen LogP contribution in [-0.4, -0.2) is 24.7 Å². The summed E-state index contributed by atoms with van der Waals surface area (Å²) in [7, 11) is 1.37. The SMILES string of the molecule is COc1ccc(NC(=O)/C(C#N)=C/c2ccc3c(c2)OCO3)c([N+](=O)[O-])c1. The Labute approximate surface area is 153 Å². The number of hydrogen-bond donors (Lipinski definition) is 1. The van der Waals surface area contributed by atoms with Gasteiger partial charge in [-0.25, -0.2) is 0 Å². The van der Waals surface area contributed by atoms with Gasteiger partial charge in [-0.05, 0) is 35.9 Å². The van der Waals surface area contributed by atoms with Gasteiger partial charge in [-0.15, -0.1) is 0 Å². The summed E-state index contributed by atoms with van der Waals surface area (Å²) in [6.07, 6.45) is 1.35. The van der Waals surface area contributed by atoms with Crippen molar-refractivity contribution in [2.45, 2.75) is 0 Å². The molecule has 1 heterocycles. The van der Waals surface area contributed by atoms with Crippen LogP contribution >= 0.6 is 0 Å². The van der Waals surface area contributed by atoms with Crippen LogP contribution in [0.1, 0.15) is 5.56 Å². The second kappa shape index (κ2) is 7.45. The molecule has 1 aliphatic rings. The van der Waals surface area contributed by atoms with E-state index in [9.17, 15) is 20.2 Å². The lowest BCUT2D eigenvalue weighted by atomic mass is 10.1. The second-order valence-corrected chi connectivity index (χ2v) is 5.38. The normalized spacial score (nSPS) is 12.2. The van der Waals surface area contributed by atoms with E-state index in [0.717, 1.165) is 0 Å². The Balaban J connectivity index is 1.86. The second-order valence-electron chi connectivity index (χ2n) is 5.38. The Bertz CT molecular complexity index is 993. The van der Waals surface area contributed by atoms with Gasteiger partial charge in [0, 0.05) is 0 Å². The average Bonchev–Trinajstić information content (AvgIpc) is 3.13. The first-order valence-corrected chi connectivity index (χ1v) is 7.67. The van der Waals surface area contributed by atoms with E-state index < -0.39 is 10.8 Å². The highest BCUT2D eigenvalue weighted by Crippen LogP contribution is 2.33. The maximum Gasteiger partial charge on any atom is 0.296 e. The zero-order chi connectivity index (χ0) is 19.4. The minimum atomic E-state index is -0.775. The number of fused-ring (bicyclic) bond motifs is 1. The lowest BCUT2D eigenvalue weighted by molar-refractivity contribution is -0.384. The summed E-state index contributed by atoms with van der Waals surface area (Å²) < 4.78 is 15.4. The van der Waals surface area contributed by atoms with Gasteiger partial charge in [-0.1, -0.05) is 6.07 Å². The Morgan fingerprint density at radius 2 is 2.07 bits per heavy atom. The predicted octanol–water partition coefficient (Wildman–Crippen LogP) is 2.88. The van der Waals surface area contributed by atoms with Crippen LogP contribution in [0.25, 0.3) is 6.08 Å². The van der Waals surface area contributed by atoms with Gasteiger partial charge in [0.2, 0.25) is 6.79 Å². The molecule has 0 saturated heterocycles. The summed E-state index contributed by atoms with van der Waals surface area (Å²) in [6, 6.07) is 10.7. The Hall–Kier alpha value is -4.06. The summed E-state index contributed by atoms with van der Waals surface area (Å²) >= 11 is 0. The molecule has 0 bridgehead atoms. The van der Waals surface area contributed by atoms with Crippen molar-refractivity contribution in [1.29, 1.82) is 5.26 Å². The van der Waals surface area contributed by atoms with E-state index in [1.807, 2.05) is 0 Å². The number of carbonyl (C=O) groups excluding carboxylic acids is 1. The van der Waals surface area contributed by atoms with Crippen molar-refractivity contribution in [3.8, 4) is 23.3 Å². The lowest BCUT2D eigenvalue weighted by Gasteiger charge is -2.07. The predicted molar refractivity (Wildman–Crippen MR) is 94.4 cm³/mol. The summed E-state index contributed by atoms with van der Waals surface area (Å²) in [5.74, 6) is 0.579. The minimum Gasteiger partial charge on any atom is -0.496 e. The number of nitro benzene ring substituents is 1. The van der Waals surface area contributed by atoms with Crippen molar-refractivity contribution in [3.63, 3.8) is 0 Å². The van der Waals surface area contributed by atoms with Crippen molar-refractivity contribution in [1.82, 2.24) is 0 Å². The molecule has 27 heavy (non-hydrogen) atoms. The first kappa shape index (κ1) is 17.8. The zero-order valence-corrected chi connectivity index (χ0v) is 14.1. The molecule has 2 aromatic carbocycles. The third-order valence-corrected chi connectivity index (χ3v) is 3.72. The molecule has 1 N–H and O–H groups in total. The maximum atomic E-state index is 12.4. The third kappa shape index (κ3) is 3.80. The molecular formula is C18H13N3O6. The molecule has 136 valence electrons. The van der Waals surface area contributed by atoms with Crippen LogP contribution in [0.5, 0.6) is 17.2 Å². The van der Waals surface area contributed by atoms with E-state index in [1.54, 1.807) is 24.3 Å². The number of nitro groups is 1. The van der Waals surface area contributed by atoms with Gasteiger partial charge < -0.3 is 19.5 Å². The molecule has 0 aliphatic carbocycles. The highest BCUT2D eigenvalue weighted by Gasteiger charge is 2.19. The summed E-state index contributed by atoms with van der Waals surface area (Å²) in [5, 5.41) is 22.9. The van der Waals surface area contributed by atoms with Crippen LogP contribution in [-0.2, 0) is 4.79 Å². The van der Waals surface area contributed by atoms with E-state index in [2.05, 4.69) is 5.32 Å². The molecule has 9 nitrogen and oxygen atoms in total. The molecule has 1 aliphatic heterocycles. The topological polar surface area (TPSA) is 124 Å². The van der Waals surface area contributed by atoms with E-state index in [0.29, 0.717) is 17.1 Å². The Morgan fingerprint density at radius 1 is 1.30 bits per heavy atom. The first-order valence-electron chi connectivity index (χ1n) is 7.67. The number of rotatable bonds is 5. The molecule has 0 unspecified atom stereocenters. The van der Waals surface area contributed by atoms with E-state index in [1.165, 1.54) is 31.4 Å². The van der Waals surface area contributed by atoms with Crippen LogP contribution in [0.3, 0.4) is 0 Å². The number of nitrogens with zero attached hydrogens (tertiary/aromatic N) is 2. The van der Waals surface area contributed by atoms with Crippen molar-refractivity contribution in [3.05, 3.63) is 57.6 Å². The fourth-order valence-electron chi connectivity index (χ4n) is 2.40. The zero-order valence-electron chi connectivity index (χ0n) is 14.1. The van der Waals surface area contributed by atoms with Crippen molar-refractivity contribution in [2.24, 2.45) is 0 Å². The van der Waals surface area contributed by atoms with Gasteiger partial charge in [-0.3, -0.25) is 14.9 Å². The number of anilines is 1. The molecule has 0 saturated carbocycles. The molecule has 9 heteroatoms. The van der Waals surface area contributed by atoms with Crippen LogP contribution in [0.2, 0.25) is 0 Å². The van der Waals surface area contributed by atoms with Gasteiger partial charge in [0.05, 0.1) is 18.1 Å². The molecule has 0 atom stereocenters. The van der Waals surface area contributed by atoms with E-state index in [4.69, 9.17) is 14.2 Å². The van der Waals surface area contributed by atoms with Crippen LogP contribution < -0.4 is 19.5 Å². The largest absolute Gasteiger partial charge is 0.496 e. The van der Waals surface area contributed by atoms with Gasteiger partial charge in [0.1, 0.15) is 23.1 Å². The number of methoxy groups -OCH3 is 1. The van der Waals surface area contributed by atoms with Crippen LogP contribution in [0, 0.1) is 21.4 Å². The number of nitrogens with one attached hydrogen (secondary N) is 1. The smallest absolute Gasteiger partial charge is 0.296 e. The quantitative estimate of drug-likeness (QED) is 0.373. The molecular weight excluding hydrogens is 354 g/mol. The maximum absolute atomic E-state index is 12.4. The third-order valence-electron chi connectivity index (χ3n) is 3.72. The van der Waals surface area contributed by atoms with E-state index in [-0.39, 0.29) is 29.5 Å². The molecule has 3 rings (SSSR count). The number of ether oxygens (including phenoxy) is 3. The summed E-state index contributed by atoms with van der Waals surface area (Å²) in [5.41, 5.74) is -0.0603.